The summed E-state index contributed by atoms with van der Waals surface area (Å²) in [6.45, 7) is 5.32. The van der Waals surface area contributed by atoms with Gasteiger partial charge in [0.2, 0.25) is 0 Å². The van der Waals surface area contributed by atoms with Gasteiger partial charge in [0.1, 0.15) is 0 Å². The van der Waals surface area contributed by atoms with Crippen LogP contribution >= 0.6 is 11.8 Å². The van der Waals surface area contributed by atoms with E-state index in [1.165, 1.54) is 37.0 Å². The van der Waals surface area contributed by atoms with Gasteiger partial charge in [-0.1, -0.05) is 25.1 Å². The highest BCUT2D eigenvalue weighted by Gasteiger charge is 2.31. The number of nitrogens with one attached hydrogen (secondary N) is 1. The fourth-order valence-electron chi connectivity index (χ4n) is 3.47. The summed E-state index contributed by atoms with van der Waals surface area (Å²) in [5.74, 6) is 0.845. The third-order valence-electron chi connectivity index (χ3n) is 4.71. The molecule has 2 aliphatic heterocycles. The molecule has 0 radical (unpaired) electrons. The lowest BCUT2D eigenvalue weighted by Gasteiger charge is -2.30. The zero-order valence-electron chi connectivity index (χ0n) is 13.0. The van der Waals surface area contributed by atoms with Gasteiger partial charge in [0.25, 0.3) is 0 Å². The highest BCUT2D eigenvalue weighted by molar-refractivity contribution is 8.00. The molecule has 2 nitrogen and oxygen atoms in total. The molecule has 0 spiro atoms. The molecule has 1 aromatic carbocycles. The van der Waals surface area contributed by atoms with Crippen molar-refractivity contribution >= 4 is 11.8 Å². The maximum atomic E-state index is 5.51. The summed E-state index contributed by atoms with van der Waals surface area (Å²) >= 11 is 2.09. The number of thioether (sulfide) groups is 1. The highest BCUT2D eigenvalue weighted by atomic mass is 32.2. The van der Waals surface area contributed by atoms with Crippen LogP contribution in [0.5, 0.6) is 0 Å². The average Bonchev–Trinajstić information content (AvgIpc) is 2.96. The van der Waals surface area contributed by atoms with Gasteiger partial charge in [-0.25, -0.2) is 0 Å². The zero-order valence-corrected chi connectivity index (χ0v) is 13.8. The van der Waals surface area contributed by atoms with Gasteiger partial charge in [0, 0.05) is 29.4 Å². The van der Waals surface area contributed by atoms with Crippen molar-refractivity contribution < 1.29 is 4.74 Å². The average molecular weight is 305 g/mol. The Bertz CT molecular complexity index is 420. The number of rotatable bonds is 6. The molecule has 1 N–H and O–H groups in total. The molecule has 2 unspecified atom stereocenters. The lowest BCUT2D eigenvalue weighted by molar-refractivity contribution is 0.0605. The molecular formula is C18H27NOS. The minimum atomic E-state index is 0.644. The predicted octanol–water partition coefficient (Wildman–Crippen LogP) is 3.89. The maximum absolute atomic E-state index is 5.51. The van der Waals surface area contributed by atoms with Gasteiger partial charge in [0.05, 0.1) is 0 Å². The van der Waals surface area contributed by atoms with Crippen molar-refractivity contribution in [3.8, 4) is 0 Å². The van der Waals surface area contributed by atoms with Crippen molar-refractivity contribution in [2.24, 2.45) is 5.92 Å². The maximum Gasteiger partial charge on any atom is 0.0468 e. The summed E-state index contributed by atoms with van der Waals surface area (Å²) in [5, 5.41) is 4.54. The second kappa shape index (κ2) is 7.66. The molecule has 2 aliphatic rings. The van der Waals surface area contributed by atoms with E-state index in [-0.39, 0.29) is 0 Å². The molecule has 2 atom stereocenters. The van der Waals surface area contributed by atoms with Crippen molar-refractivity contribution in [2.45, 2.75) is 55.2 Å². The fourth-order valence-corrected chi connectivity index (χ4v) is 4.89. The molecule has 0 bridgehead atoms. The molecular weight excluding hydrogens is 278 g/mol. The fraction of sp³-hybridized carbons (Fsp3) is 0.667. The quantitative estimate of drug-likeness (QED) is 0.861. The van der Waals surface area contributed by atoms with Gasteiger partial charge < -0.3 is 10.1 Å². The van der Waals surface area contributed by atoms with E-state index in [4.69, 9.17) is 4.74 Å². The Labute approximate surface area is 133 Å². The molecule has 1 aromatic rings. The molecule has 2 heterocycles. The summed E-state index contributed by atoms with van der Waals surface area (Å²) in [5.41, 5.74) is 1.54. The monoisotopic (exact) mass is 305 g/mol. The van der Waals surface area contributed by atoms with Crippen molar-refractivity contribution in [3.05, 3.63) is 29.8 Å². The van der Waals surface area contributed by atoms with Gasteiger partial charge in [-0.3, -0.25) is 0 Å². The zero-order chi connectivity index (χ0) is 14.5. The van der Waals surface area contributed by atoms with Crippen molar-refractivity contribution in [1.82, 2.24) is 5.32 Å². The van der Waals surface area contributed by atoms with Crippen molar-refractivity contribution in [3.63, 3.8) is 0 Å². The molecule has 1 saturated heterocycles. The third-order valence-corrected chi connectivity index (χ3v) is 6.16. The lowest BCUT2D eigenvalue weighted by atomic mass is 9.90. The van der Waals surface area contributed by atoms with Crippen LogP contribution in [0.25, 0.3) is 0 Å². The Morgan fingerprint density at radius 3 is 2.86 bits per heavy atom. The van der Waals surface area contributed by atoms with Gasteiger partial charge >= 0.3 is 0 Å². The Hall–Kier alpha value is -0.510. The van der Waals surface area contributed by atoms with Gasteiger partial charge in [0.15, 0.2) is 0 Å². The minimum Gasteiger partial charge on any atom is -0.381 e. The summed E-state index contributed by atoms with van der Waals surface area (Å²) < 4.78 is 5.51. The van der Waals surface area contributed by atoms with Crippen LogP contribution in [0.2, 0.25) is 0 Å². The first-order valence-electron chi connectivity index (χ1n) is 8.42. The molecule has 0 saturated carbocycles. The van der Waals surface area contributed by atoms with E-state index >= 15 is 0 Å². The van der Waals surface area contributed by atoms with Crippen LogP contribution < -0.4 is 5.32 Å². The second-order valence-corrected chi connectivity index (χ2v) is 7.60. The second-order valence-electron chi connectivity index (χ2n) is 6.32. The van der Waals surface area contributed by atoms with Crippen LogP contribution in [0, 0.1) is 5.92 Å². The van der Waals surface area contributed by atoms with E-state index < -0.39 is 0 Å². The molecule has 3 heteroatoms. The van der Waals surface area contributed by atoms with Crippen LogP contribution in [0.4, 0.5) is 0 Å². The third kappa shape index (κ3) is 4.02. The highest BCUT2D eigenvalue weighted by Crippen LogP contribution is 2.40. The normalized spacial score (nSPS) is 24.0. The molecule has 0 aromatic heterocycles. The number of hydrogen-bond donors (Lipinski definition) is 1. The number of ether oxygens (including phenoxy) is 1. The van der Waals surface area contributed by atoms with E-state index in [0.717, 1.165) is 25.7 Å². The molecule has 116 valence electrons. The van der Waals surface area contributed by atoms with Gasteiger partial charge in [-0.05, 0) is 56.2 Å². The Kier molecular flexibility index (Phi) is 5.61. The molecule has 0 aliphatic carbocycles. The number of benzene rings is 1. The largest absolute Gasteiger partial charge is 0.381 e. The van der Waals surface area contributed by atoms with Crippen LogP contribution in [-0.4, -0.2) is 31.1 Å². The van der Waals surface area contributed by atoms with E-state index in [9.17, 15) is 0 Å². The number of fused-ring (bicyclic) bond motifs is 1. The topological polar surface area (TPSA) is 21.3 Å². The van der Waals surface area contributed by atoms with Crippen molar-refractivity contribution in [2.75, 3.05) is 19.8 Å². The van der Waals surface area contributed by atoms with Crippen LogP contribution in [0.15, 0.2) is 29.2 Å². The minimum absolute atomic E-state index is 0.644. The summed E-state index contributed by atoms with van der Waals surface area (Å²) in [6, 6.07) is 9.57. The molecule has 0 amide bonds. The predicted molar refractivity (Wildman–Crippen MR) is 90.0 cm³/mol. The molecule has 21 heavy (non-hydrogen) atoms. The number of hydrogen-bond acceptors (Lipinski definition) is 3. The van der Waals surface area contributed by atoms with Crippen LogP contribution in [0.3, 0.4) is 0 Å². The summed E-state index contributed by atoms with van der Waals surface area (Å²) in [6.07, 6.45) is 6.25. The van der Waals surface area contributed by atoms with Gasteiger partial charge in [-0.2, -0.15) is 0 Å². The molecule has 1 fully saturated rings. The van der Waals surface area contributed by atoms with Crippen LogP contribution in [0.1, 0.15) is 38.2 Å². The summed E-state index contributed by atoms with van der Waals surface area (Å²) in [4.78, 5) is 1.50. The Balaban J connectivity index is 1.62. The van der Waals surface area contributed by atoms with Gasteiger partial charge in [-0.15, -0.1) is 11.8 Å². The first kappa shape index (κ1) is 15.4. The smallest absolute Gasteiger partial charge is 0.0468 e. The lowest BCUT2D eigenvalue weighted by Crippen LogP contribution is -2.40. The standard InChI is InChI=1S/C18H27NOS/c1-2-9-19-16(12-14-7-10-20-11-8-14)18-13-15-5-3-4-6-17(15)21-18/h3-6,14,16,18-19H,2,7-13H2,1H3. The first-order chi connectivity index (χ1) is 10.4. The van der Waals surface area contributed by atoms with E-state index in [1.807, 2.05) is 0 Å². The summed E-state index contributed by atoms with van der Waals surface area (Å²) in [7, 11) is 0. The van der Waals surface area contributed by atoms with Crippen LogP contribution in [-0.2, 0) is 11.2 Å². The van der Waals surface area contributed by atoms with E-state index in [0.29, 0.717) is 11.3 Å². The van der Waals surface area contributed by atoms with E-state index in [1.54, 1.807) is 5.56 Å². The van der Waals surface area contributed by atoms with Crippen molar-refractivity contribution in [1.29, 1.82) is 0 Å². The SMILES string of the molecule is CCCNC(CC1CCOCC1)C1Cc2ccccc2S1. The Morgan fingerprint density at radius 1 is 1.29 bits per heavy atom. The Morgan fingerprint density at radius 2 is 2.10 bits per heavy atom. The van der Waals surface area contributed by atoms with E-state index in [2.05, 4.69) is 48.3 Å². The first-order valence-corrected chi connectivity index (χ1v) is 9.30. The molecule has 3 rings (SSSR count).